The van der Waals surface area contributed by atoms with Crippen LogP contribution in [0.1, 0.15) is 0 Å². The quantitative estimate of drug-likeness (QED) is 0.274. The van der Waals surface area contributed by atoms with Gasteiger partial charge in [-0.2, -0.15) is 0 Å². The summed E-state index contributed by atoms with van der Waals surface area (Å²) in [7, 11) is 0. The zero-order chi connectivity index (χ0) is 18.2. The van der Waals surface area contributed by atoms with Gasteiger partial charge in [0, 0.05) is 21.5 Å². The zero-order valence-electron chi connectivity index (χ0n) is 14.6. The Hall–Kier alpha value is -3.08. The van der Waals surface area contributed by atoms with Crippen molar-refractivity contribution >= 4 is 66.2 Å². The van der Waals surface area contributed by atoms with Gasteiger partial charge in [0.15, 0.2) is 11.5 Å². The molecule has 0 saturated carbocycles. The van der Waals surface area contributed by atoms with Crippen LogP contribution < -0.4 is 0 Å². The van der Waals surface area contributed by atoms with Gasteiger partial charge in [0.2, 0.25) is 0 Å². The molecule has 28 heavy (non-hydrogen) atoms. The van der Waals surface area contributed by atoms with Crippen molar-refractivity contribution in [2.45, 2.75) is 0 Å². The molecule has 0 aliphatic carbocycles. The van der Waals surface area contributed by atoms with Gasteiger partial charge in [-0.3, -0.25) is 0 Å². The highest BCUT2D eigenvalue weighted by molar-refractivity contribution is 7.14. The Labute approximate surface area is 167 Å². The Morgan fingerprint density at radius 1 is 0.500 bits per heavy atom. The van der Waals surface area contributed by atoms with Crippen LogP contribution in [-0.2, 0) is 0 Å². The van der Waals surface area contributed by atoms with Gasteiger partial charge in [0.05, 0.1) is 9.75 Å². The SMILES string of the molecule is c1csc(-c2oc3cccc4c5c(-c6cccs6)oc6cccc(c2c34)c65)c1. The Morgan fingerprint density at radius 3 is 1.43 bits per heavy atom. The van der Waals surface area contributed by atoms with Gasteiger partial charge >= 0.3 is 0 Å². The number of hydrogen-bond donors (Lipinski definition) is 0. The average molecular weight is 396 g/mol. The van der Waals surface area contributed by atoms with E-state index in [0.717, 1.165) is 32.4 Å². The number of hydrogen-bond acceptors (Lipinski definition) is 4. The smallest absolute Gasteiger partial charge is 0.153 e. The van der Waals surface area contributed by atoms with Crippen molar-refractivity contribution in [1.29, 1.82) is 0 Å². The van der Waals surface area contributed by atoms with Gasteiger partial charge in [0.25, 0.3) is 0 Å². The summed E-state index contributed by atoms with van der Waals surface area (Å²) in [4.78, 5) is 2.30. The topological polar surface area (TPSA) is 26.3 Å². The summed E-state index contributed by atoms with van der Waals surface area (Å²) < 4.78 is 12.8. The molecule has 0 aliphatic heterocycles. The predicted molar refractivity (Wildman–Crippen MR) is 119 cm³/mol. The Morgan fingerprint density at radius 2 is 1.00 bits per heavy atom. The van der Waals surface area contributed by atoms with Crippen LogP contribution in [-0.4, -0.2) is 0 Å². The first-order valence-electron chi connectivity index (χ1n) is 9.09. The van der Waals surface area contributed by atoms with Crippen molar-refractivity contribution in [3.63, 3.8) is 0 Å². The summed E-state index contributed by atoms with van der Waals surface area (Å²) in [5.41, 5.74) is 1.86. The van der Waals surface area contributed by atoms with Crippen LogP contribution in [0.15, 0.2) is 80.3 Å². The van der Waals surface area contributed by atoms with Crippen LogP contribution in [0.3, 0.4) is 0 Å². The molecule has 0 fully saturated rings. The van der Waals surface area contributed by atoms with E-state index < -0.39 is 0 Å². The van der Waals surface area contributed by atoms with E-state index in [1.165, 1.54) is 32.3 Å². The lowest BCUT2D eigenvalue weighted by molar-refractivity contribution is 0.636. The van der Waals surface area contributed by atoms with E-state index in [1.54, 1.807) is 22.7 Å². The largest absolute Gasteiger partial charge is 0.455 e. The fourth-order valence-electron chi connectivity index (χ4n) is 4.39. The van der Waals surface area contributed by atoms with Gasteiger partial charge in [-0.05, 0) is 45.8 Å². The Balaban J connectivity index is 1.80. The van der Waals surface area contributed by atoms with Gasteiger partial charge in [0.1, 0.15) is 11.2 Å². The molecule has 0 N–H and O–H groups in total. The Bertz CT molecular complexity index is 1470. The summed E-state index contributed by atoms with van der Waals surface area (Å²) in [6.45, 7) is 0. The van der Waals surface area contributed by atoms with Crippen LogP contribution >= 0.6 is 22.7 Å². The first-order valence-corrected chi connectivity index (χ1v) is 10.9. The van der Waals surface area contributed by atoms with E-state index in [9.17, 15) is 0 Å². The highest BCUT2D eigenvalue weighted by atomic mass is 32.1. The molecule has 7 aromatic rings. The molecular formula is C24H12O2S2. The molecule has 0 saturated heterocycles. The number of furan rings is 2. The number of thiophene rings is 2. The second kappa shape index (κ2) is 5.25. The van der Waals surface area contributed by atoms with E-state index in [-0.39, 0.29) is 0 Å². The van der Waals surface area contributed by atoms with Crippen LogP contribution in [0.2, 0.25) is 0 Å². The molecule has 4 aromatic heterocycles. The second-order valence-electron chi connectivity index (χ2n) is 6.92. The van der Waals surface area contributed by atoms with Crippen molar-refractivity contribution in [3.8, 4) is 21.3 Å². The van der Waals surface area contributed by atoms with E-state index in [4.69, 9.17) is 8.83 Å². The van der Waals surface area contributed by atoms with Gasteiger partial charge in [-0.25, -0.2) is 0 Å². The predicted octanol–water partition coefficient (Wildman–Crippen LogP) is 8.38. The lowest BCUT2D eigenvalue weighted by Crippen LogP contribution is -1.81. The maximum atomic E-state index is 6.40. The van der Waals surface area contributed by atoms with Crippen molar-refractivity contribution in [2.75, 3.05) is 0 Å². The molecule has 0 radical (unpaired) electrons. The molecule has 0 bridgehead atoms. The van der Waals surface area contributed by atoms with E-state index in [2.05, 4.69) is 71.4 Å². The molecule has 4 heterocycles. The van der Waals surface area contributed by atoms with E-state index >= 15 is 0 Å². The van der Waals surface area contributed by atoms with Crippen molar-refractivity contribution in [3.05, 3.63) is 71.4 Å². The van der Waals surface area contributed by atoms with Crippen LogP contribution in [0, 0.1) is 0 Å². The minimum Gasteiger partial charge on any atom is -0.455 e. The highest BCUT2D eigenvalue weighted by Crippen LogP contribution is 2.50. The first kappa shape index (κ1) is 14.9. The van der Waals surface area contributed by atoms with Crippen LogP contribution in [0.5, 0.6) is 0 Å². The molecule has 0 unspecified atom stereocenters. The van der Waals surface area contributed by atoms with Gasteiger partial charge < -0.3 is 8.83 Å². The van der Waals surface area contributed by atoms with Crippen LogP contribution in [0.25, 0.3) is 64.8 Å². The third-order valence-electron chi connectivity index (χ3n) is 5.46. The molecular weight excluding hydrogens is 384 g/mol. The van der Waals surface area contributed by atoms with Gasteiger partial charge in [-0.1, -0.05) is 36.4 Å². The van der Waals surface area contributed by atoms with E-state index in [0.29, 0.717) is 0 Å². The first-order chi connectivity index (χ1) is 13.9. The summed E-state index contributed by atoms with van der Waals surface area (Å²) >= 11 is 3.42. The molecule has 0 atom stereocenters. The normalized spacial score (nSPS) is 12.3. The lowest BCUT2D eigenvalue weighted by Gasteiger charge is -2.05. The minimum atomic E-state index is 0.928. The molecule has 132 valence electrons. The summed E-state index contributed by atoms with van der Waals surface area (Å²) in [6, 6.07) is 21.1. The van der Waals surface area contributed by atoms with Gasteiger partial charge in [-0.15, -0.1) is 22.7 Å². The Kier molecular flexibility index (Phi) is 2.80. The third kappa shape index (κ3) is 1.77. The molecule has 0 amide bonds. The summed E-state index contributed by atoms with van der Waals surface area (Å²) in [5.74, 6) is 1.91. The maximum absolute atomic E-state index is 6.40. The molecule has 4 heteroatoms. The summed E-state index contributed by atoms with van der Waals surface area (Å²) in [5, 5.41) is 11.3. The fraction of sp³-hybridized carbons (Fsp3) is 0. The third-order valence-corrected chi connectivity index (χ3v) is 7.20. The molecule has 0 spiro atoms. The van der Waals surface area contributed by atoms with Crippen molar-refractivity contribution in [2.24, 2.45) is 0 Å². The van der Waals surface area contributed by atoms with Crippen molar-refractivity contribution in [1.82, 2.24) is 0 Å². The average Bonchev–Trinajstić information content (AvgIpc) is 3.51. The fourth-order valence-corrected chi connectivity index (χ4v) is 5.81. The molecule has 3 aromatic carbocycles. The monoisotopic (exact) mass is 396 g/mol. The summed E-state index contributed by atoms with van der Waals surface area (Å²) in [6.07, 6.45) is 0. The zero-order valence-corrected chi connectivity index (χ0v) is 16.2. The second-order valence-corrected chi connectivity index (χ2v) is 8.82. The van der Waals surface area contributed by atoms with E-state index in [1.807, 2.05) is 0 Å². The number of benzene rings is 3. The molecule has 7 rings (SSSR count). The molecule has 0 aliphatic rings. The number of fused-ring (bicyclic) bond motifs is 2. The lowest BCUT2D eigenvalue weighted by atomic mass is 9.94. The van der Waals surface area contributed by atoms with Crippen LogP contribution in [0.4, 0.5) is 0 Å². The number of rotatable bonds is 2. The minimum absolute atomic E-state index is 0.928. The molecule has 2 nitrogen and oxygen atoms in total. The maximum Gasteiger partial charge on any atom is 0.153 e. The highest BCUT2D eigenvalue weighted by Gasteiger charge is 2.25. The van der Waals surface area contributed by atoms with Crippen molar-refractivity contribution < 1.29 is 8.83 Å². The standard InChI is InChI=1S/C24H12O2S2/c1-5-13-19-15(7-1)25-24(18-10-4-12-28-18)22(19)14-6-2-8-16-20(14)21(13)23(26-16)17-9-3-11-27-17/h1-12H.